The molecular weight excluding hydrogens is 344 g/mol. The summed E-state index contributed by atoms with van der Waals surface area (Å²) in [7, 11) is 1.68. The van der Waals surface area contributed by atoms with Gasteiger partial charge < -0.3 is 9.72 Å². The zero-order valence-electron chi connectivity index (χ0n) is 16.4. The molecule has 28 heavy (non-hydrogen) atoms. The molecular formula is C25H24N2O. The van der Waals surface area contributed by atoms with Gasteiger partial charge in [-0.25, -0.2) is 4.98 Å². The Hall–Kier alpha value is -3.33. The normalized spacial score (nSPS) is 11.0. The zero-order chi connectivity index (χ0) is 19.5. The van der Waals surface area contributed by atoms with Crippen molar-refractivity contribution in [2.75, 3.05) is 7.11 Å². The van der Waals surface area contributed by atoms with Gasteiger partial charge in [-0.2, -0.15) is 0 Å². The van der Waals surface area contributed by atoms with Crippen molar-refractivity contribution in [2.45, 2.75) is 19.8 Å². The largest absolute Gasteiger partial charge is 0.497 e. The van der Waals surface area contributed by atoms with Crippen molar-refractivity contribution in [3.63, 3.8) is 0 Å². The maximum atomic E-state index is 5.30. The molecule has 0 bridgehead atoms. The topological polar surface area (TPSA) is 37.9 Å². The lowest BCUT2D eigenvalue weighted by Gasteiger charge is -2.05. The van der Waals surface area contributed by atoms with Crippen LogP contribution in [0.1, 0.15) is 25.3 Å². The number of H-pyrrole nitrogens is 1. The van der Waals surface area contributed by atoms with Crippen LogP contribution >= 0.6 is 0 Å². The third kappa shape index (κ3) is 3.56. The van der Waals surface area contributed by atoms with E-state index in [0.717, 1.165) is 39.7 Å². The van der Waals surface area contributed by atoms with Crippen molar-refractivity contribution in [1.29, 1.82) is 0 Å². The number of imidazole rings is 1. The van der Waals surface area contributed by atoms with Crippen molar-refractivity contribution in [3.05, 3.63) is 84.4 Å². The van der Waals surface area contributed by atoms with Crippen molar-refractivity contribution in [2.24, 2.45) is 0 Å². The van der Waals surface area contributed by atoms with Crippen LogP contribution < -0.4 is 4.74 Å². The smallest absolute Gasteiger partial charge is 0.138 e. The Kier molecular flexibility index (Phi) is 4.98. The number of nitrogens with one attached hydrogen (secondary N) is 1. The Bertz CT molecular complexity index is 1050. The summed E-state index contributed by atoms with van der Waals surface area (Å²) in [5.74, 6) is 2.23. The Morgan fingerprint density at radius 3 is 2.00 bits per heavy atom. The maximum absolute atomic E-state index is 5.30. The van der Waals surface area contributed by atoms with Crippen LogP contribution in [0.15, 0.2) is 78.9 Å². The lowest BCUT2D eigenvalue weighted by molar-refractivity contribution is 0.415. The molecule has 4 aromatic rings. The van der Waals surface area contributed by atoms with Crippen molar-refractivity contribution in [3.8, 4) is 39.7 Å². The number of nitrogens with zero attached hydrogens (tertiary/aromatic N) is 1. The first-order valence-electron chi connectivity index (χ1n) is 9.56. The second-order valence-corrected chi connectivity index (χ2v) is 7.18. The fourth-order valence-corrected chi connectivity index (χ4v) is 3.31. The second kappa shape index (κ2) is 7.73. The third-order valence-corrected chi connectivity index (χ3v) is 4.98. The number of aromatic nitrogens is 2. The molecule has 0 radical (unpaired) electrons. The van der Waals surface area contributed by atoms with E-state index in [9.17, 15) is 0 Å². The third-order valence-electron chi connectivity index (χ3n) is 4.98. The molecule has 0 saturated carbocycles. The first kappa shape index (κ1) is 18.1. The van der Waals surface area contributed by atoms with Gasteiger partial charge in [0.2, 0.25) is 0 Å². The predicted molar refractivity (Wildman–Crippen MR) is 116 cm³/mol. The summed E-state index contributed by atoms with van der Waals surface area (Å²) in [5, 5.41) is 0. The molecule has 0 spiro atoms. The minimum absolute atomic E-state index is 0.514. The lowest BCUT2D eigenvalue weighted by atomic mass is 10.0. The molecule has 1 N–H and O–H groups in total. The SMILES string of the molecule is COc1ccc(-c2[nH]c(-c3ccc(C(C)C)cc3)nc2-c2ccccc2)cc1. The number of aromatic amines is 1. The van der Waals surface area contributed by atoms with Gasteiger partial charge in [0.05, 0.1) is 18.5 Å². The lowest BCUT2D eigenvalue weighted by Crippen LogP contribution is -1.87. The van der Waals surface area contributed by atoms with Crippen LogP contribution in [0.3, 0.4) is 0 Å². The highest BCUT2D eigenvalue weighted by Crippen LogP contribution is 2.34. The van der Waals surface area contributed by atoms with Gasteiger partial charge in [0, 0.05) is 16.7 Å². The number of ether oxygens (including phenoxy) is 1. The van der Waals surface area contributed by atoms with E-state index in [1.807, 2.05) is 30.3 Å². The van der Waals surface area contributed by atoms with Crippen molar-refractivity contribution < 1.29 is 4.74 Å². The summed E-state index contributed by atoms with van der Waals surface area (Å²) >= 11 is 0. The monoisotopic (exact) mass is 368 g/mol. The molecule has 3 heteroatoms. The van der Waals surface area contributed by atoms with E-state index in [1.165, 1.54) is 5.56 Å². The number of methoxy groups -OCH3 is 1. The van der Waals surface area contributed by atoms with E-state index in [4.69, 9.17) is 9.72 Å². The fourth-order valence-electron chi connectivity index (χ4n) is 3.31. The molecule has 0 aliphatic rings. The second-order valence-electron chi connectivity index (χ2n) is 7.18. The average molecular weight is 368 g/mol. The summed E-state index contributed by atoms with van der Waals surface area (Å²) in [4.78, 5) is 8.50. The van der Waals surface area contributed by atoms with Crippen LogP contribution in [-0.4, -0.2) is 17.1 Å². The van der Waals surface area contributed by atoms with Gasteiger partial charge in [0.1, 0.15) is 11.6 Å². The molecule has 0 amide bonds. The zero-order valence-corrected chi connectivity index (χ0v) is 16.4. The number of rotatable bonds is 5. The predicted octanol–water partition coefficient (Wildman–Crippen LogP) is 6.54. The quantitative estimate of drug-likeness (QED) is 0.434. The van der Waals surface area contributed by atoms with Gasteiger partial charge >= 0.3 is 0 Å². The minimum Gasteiger partial charge on any atom is -0.497 e. The van der Waals surface area contributed by atoms with Gasteiger partial charge in [-0.1, -0.05) is 68.4 Å². The molecule has 0 saturated heterocycles. The van der Waals surface area contributed by atoms with E-state index in [2.05, 4.69) is 67.4 Å². The number of hydrogen-bond acceptors (Lipinski definition) is 2. The summed E-state index contributed by atoms with van der Waals surface area (Å²) in [6.45, 7) is 4.41. The van der Waals surface area contributed by atoms with Gasteiger partial charge in [0.15, 0.2) is 0 Å². The summed E-state index contributed by atoms with van der Waals surface area (Å²) in [6.07, 6.45) is 0. The highest BCUT2D eigenvalue weighted by Gasteiger charge is 2.15. The fraction of sp³-hybridized carbons (Fsp3) is 0.160. The molecule has 0 aliphatic carbocycles. The van der Waals surface area contributed by atoms with Crippen molar-refractivity contribution >= 4 is 0 Å². The van der Waals surface area contributed by atoms with Gasteiger partial charge in [-0.3, -0.25) is 0 Å². The number of hydrogen-bond donors (Lipinski definition) is 1. The Morgan fingerprint density at radius 1 is 0.750 bits per heavy atom. The van der Waals surface area contributed by atoms with Crippen LogP contribution in [0.5, 0.6) is 5.75 Å². The highest BCUT2D eigenvalue weighted by atomic mass is 16.5. The molecule has 0 aliphatic heterocycles. The molecule has 0 fully saturated rings. The molecule has 1 aromatic heterocycles. The summed E-state index contributed by atoms with van der Waals surface area (Å²) in [6, 6.07) is 27.0. The minimum atomic E-state index is 0.514. The highest BCUT2D eigenvalue weighted by molar-refractivity contribution is 5.81. The van der Waals surface area contributed by atoms with E-state index in [1.54, 1.807) is 7.11 Å². The molecule has 3 aromatic carbocycles. The molecule has 0 unspecified atom stereocenters. The molecule has 4 rings (SSSR count). The first-order chi connectivity index (χ1) is 13.7. The average Bonchev–Trinajstić information content (AvgIpc) is 3.20. The Balaban J connectivity index is 1.81. The Morgan fingerprint density at radius 2 is 1.39 bits per heavy atom. The molecule has 3 nitrogen and oxygen atoms in total. The van der Waals surface area contributed by atoms with Gasteiger partial charge in [0.25, 0.3) is 0 Å². The first-order valence-corrected chi connectivity index (χ1v) is 9.56. The maximum Gasteiger partial charge on any atom is 0.138 e. The van der Waals surface area contributed by atoms with Crippen LogP contribution in [0.4, 0.5) is 0 Å². The van der Waals surface area contributed by atoms with E-state index < -0.39 is 0 Å². The van der Waals surface area contributed by atoms with Crippen LogP contribution in [-0.2, 0) is 0 Å². The van der Waals surface area contributed by atoms with E-state index >= 15 is 0 Å². The van der Waals surface area contributed by atoms with Crippen molar-refractivity contribution in [1.82, 2.24) is 9.97 Å². The standard InChI is InChI=1S/C25H24N2O/c1-17(2)18-9-11-21(12-10-18)25-26-23(19-7-5-4-6-8-19)24(27-25)20-13-15-22(28-3)16-14-20/h4-17H,1-3H3,(H,26,27). The van der Waals surface area contributed by atoms with Gasteiger partial charge in [-0.05, 0) is 35.7 Å². The van der Waals surface area contributed by atoms with Crippen LogP contribution in [0.2, 0.25) is 0 Å². The van der Waals surface area contributed by atoms with Crippen LogP contribution in [0.25, 0.3) is 33.9 Å². The Labute approximate surface area is 166 Å². The van der Waals surface area contributed by atoms with Crippen LogP contribution in [0, 0.1) is 0 Å². The molecule has 0 atom stereocenters. The molecule has 1 heterocycles. The number of benzene rings is 3. The van der Waals surface area contributed by atoms with E-state index in [0.29, 0.717) is 5.92 Å². The van der Waals surface area contributed by atoms with Gasteiger partial charge in [-0.15, -0.1) is 0 Å². The van der Waals surface area contributed by atoms with E-state index in [-0.39, 0.29) is 0 Å². The molecule has 140 valence electrons. The summed E-state index contributed by atoms with van der Waals surface area (Å²) in [5.41, 5.74) is 6.55. The summed E-state index contributed by atoms with van der Waals surface area (Å²) < 4.78 is 5.30.